The highest BCUT2D eigenvalue weighted by molar-refractivity contribution is 5.86. The molecule has 1 aliphatic heterocycles. The SMILES string of the molecule is CON(C)C(=O)[C@H]1CC[C@@H](c2cccc(C)c2)N1C(=O)OC(C)(C)C. The highest BCUT2D eigenvalue weighted by atomic mass is 16.7. The van der Waals surface area contributed by atoms with Crippen LogP contribution in [0.15, 0.2) is 24.3 Å². The smallest absolute Gasteiger partial charge is 0.411 e. The quantitative estimate of drug-likeness (QED) is 0.785. The maximum Gasteiger partial charge on any atom is 0.411 e. The molecule has 1 aliphatic rings. The number of amides is 2. The topological polar surface area (TPSA) is 59.1 Å². The van der Waals surface area contributed by atoms with E-state index in [0.717, 1.165) is 11.1 Å². The van der Waals surface area contributed by atoms with Gasteiger partial charge in [0.1, 0.15) is 11.6 Å². The molecule has 1 aromatic carbocycles. The summed E-state index contributed by atoms with van der Waals surface area (Å²) < 4.78 is 5.57. The Bertz CT molecular complexity index is 639. The maximum absolute atomic E-state index is 12.8. The van der Waals surface area contributed by atoms with Gasteiger partial charge in [-0.1, -0.05) is 29.8 Å². The largest absolute Gasteiger partial charge is 0.444 e. The number of carbonyl (C=O) groups excluding carboxylic acids is 2. The van der Waals surface area contributed by atoms with E-state index >= 15 is 0 Å². The second kappa shape index (κ2) is 7.44. The van der Waals surface area contributed by atoms with E-state index in [0.29, 0.717) is 12.8 Å². The molecule has 0 aliphatic carbocycles. The first-order chi connectivity index (χ1) is 11.6. The summed E-state index contributed by atoms with van der Waals surface area (Å²) in [4.78, 5) is 32.1. The lowest BCUT2D eigenvalue weighted by atomic mass is 10.0. The first-order valence-corrected chi connectivity index (χ1v) is 8.53. The van der Waals surface area contributed by atoms with Crippen LogP contribution in [0.4, 0.5) is 4.79 Å². The number of likely N-dealkylation sites (tertiary alicyclic amines) is 1. The predicted molar refractivity (Wildman–Crippen MR) is 94.8 cm³/mol. The van der Waals surface area contributed by atoms with Crippen LogP contribution in [0.5, 0.6) is 0 Å². The van der Waals surface area contributed by atoms with Gasteiger partial charge in [0.25, 0.3) is 5.91 Å². The fraction of sp³-hybridized carbons (Fsp3) is 0.579. The van der Waals surface area contributed by atoms with E-state index in [-0.39, 0.29) is 11.9 Å². The van der Waals surface area contributed by atoms with Crippen molar-refractivity contribution in [3.63, 3.8) is 0 Å². The normalized spacial score (nSPS) is 20.5. The van der Waals surface area contributed by atoms with Crippen molar-refractivity contribution < 1.29 is 19.2 Å². The van der Waals surface area contributed by atoms with Crippen LogP contribution in [0.25, 0.3) is 0 Å². The summed E-state index contributed by atoms with van der Waals surface area (Å²) in [6, 6.07) is 7.24. The van der Waals surface area contributed by atoms with Gasteiger partial charge < -0.3 is 4.74 Å². The molecule has 2 amide bonds. The molecule has 138 valence electrons. The minimum atomic E-state index is -0.627. The second-order valence-electron chi connectivity index (χ2n) is 7.43. The average Bonchev–Trinajstić information content (AvgIpc) is 2.96. The molecule has 1 heterocycles. The van der Waals surface area contributed by atoms with Crippen molar-refractivity contribution in [1.29, 1.82) is 0 Å². The lowest BCUT2D eigenvalue weighted by Gasteiger charge is -2.33. The molecule has 2 atom stereocenters. The number of carbonyl (C=O) groups is 2. The molecule has 0 radical (unpaired) electrons. The summed E-state index contributed by atoms with van der Waals surface area (Å²) in [5, 5.41) is 1.17. The number of aryl methyl sites for hydroxylation is 1. The van der Waals surface area contributed by atoms with E-state index in [1.165, 1.54) is 12.2 Å². The van der Waals surface area contributed by atoms with Gasteiger partial charge in [0, 0.05) is 7.05 Å². The summed E-state index contributed by atoms with van der Waals surface area (Å²) in [5.74, 6) is -0.247. The Hall–Kier alpha value is -2.08. The van der Waals surface area contributed by atoms with Crippen molar-refractivity contribution in [2.24, 2.45) is 0 Å². The standard InChI is InChI=1S/C19H28N2O4/c1-13-8-7-9-14(12-13)15-10-11-16(17(22)20(5)24-6)21(15)18(23)25-19(2,3)4/h7-9,12,15-16H,10-11H2,1-6H3/t15-,16+/m0/s1. The molecule has 1 saturated heterocycles. The number of hydrogen-bond donors (Lipinski definition) is 0. The van der Waals surface area contributed by atoms with Gasteiger partial charge in [-0.2, -0.15) is 0 Å². The van der Waals surface area contributed by atoms with Gasteiger partial charge in [0.05, 0.1) is 13.2 Å². The van der Waals surface area contributed by atoms with E-state index in [1.807, 2.05) is 45.9 Å². The zero-order chi connectivity index (χ0) is 18.8. The molecule has 1 aromatic rings. The molecule has 6 nitrogen and oxygen atoms in total. The van der Waals surface area contributed by atoms with Crippen LogP contribution in [-0.4, -0.2) is 47.8 Å². The summed E-state index contributed by atoms with van der Waals surface area (Å²) in [6.45, 7) is 7.47. The molecule has 6 heteroatoms. The molecule has 0 N–H and O–H groups in total. The van der Waals surface area contributed by atoms with Crippen molar-refractivity contribution in [1.82, 2.24) is 9.96 Å². The number of likely N-dealkylation sites (N-methyl/N-ethyl adjacent to an activating group) is 1. The minimum absolute atomic E-state index is 0.186. The van der Waals surface area contributed by atoms with Crippen LogP contribution in [-0.2, 0) is 14.4 Å². The number of hydrogen-bond acceptors (Lipinski definition) is 4. The number of ether oxygens (including phenoxy) is 1. The van der Waals surface area contributed by atoms with E-state index in [2.05, 4.69) is 6.07 Å². The van der Waals surface area contributed by atoms with E-state index in [4.69, 9.17) is 9.57 Å². The molecule has 0 saturated carbocycles. The van der Waals surface area contributed by atoms with E-state index < -0.39 is 17.7 Å². The lowest BCUT2D eigenvalue weighted by Crippen LogP contribution is -2.48. The first kappa shape index (κ1) is 19.2. The Morgan fingerprint density at radius 2 is 1.92 bits per heavy atom. The number of hydroxylamine groups is 2. The van der Waals surface area contributed by atoms with Gasteiger partial charge in [0.15, 0.2) is 0 Å². The fourth-order valence-electron chi connectivity index (χ4n) is 3.13. The van der Waals surface area contributed by atoms with Gasteiger partial charge in [-0.25, -0.2) is 9.86 Å². The summed E-state index contributed by atoms with van der Waals surface area (Å²) >= 11 is 0. The van der Waals surface area contributed by atoms with Crippen LogP contribution >= 0.6 is 0 Å². The molecule has 0 unspecified atom stereocenters. The Balaban J connectivity index is 2.36. The number of benzene rings is 1. The third kappa shape index (κ3) is 4.51. The van der Waals surface area contributed by atoms with Crippen molar-refractivity contribution in [3.05, 3.63) is 35.4 Å². The minimum Gasteiger partial charge on any atom is -0.444 e. The Labute approximate surface area is 149 Å². The Morgan fingerprint density at radius 3 is 2.48 bits per heavy atom. The van der Waals surface area contributed by atoms with E-state index in [9.17, 15) is 9.59 Å². The van der Waals surface area contributed by atoms with Gasteiger partial charge in [-0.3, -0.25) is 14.5 Å². The van der Waals surface area contributed by atoms with Crippen LogP contribution in [0, 0.1) is 6.92 Å². The first-order valence-electron chi connectivity index (χ1n) is 8.53. The zero-order valence-corrected chi connectivity index (χ0v) is 15.9. The zero-order valence-electron chi connectivity index (χ0n) is 15.9. The third-order valence-corrected chi connectivity index (χ3v) is 4.29. The van der Waals surface area contributed by atoms with Crippen LogP contribution < -0.4 is 0 Å². The molecule has 25 heavy (non-hydrogen) atoms. The van der Waals surface area contributed by atoms with Crippen LogP contribution in [0.2, 0.25) is 0 Å². The van der Waals surface area contributed by atoms with Crippen molar-refractivity contribution in [2.75, 3.05) is 14.2 Å². The van der Waals surface area contributed by atoms with Crippen molar-refractivity contribution >= 4 is 12.0 Å². The molecular weight excluding hydrogens is 320 g/mol. The van der Waals surface area contributed by atoms with Gasteiger partial charge in [-0.05, 0) is 46.1 Å². The molecule has 0 bridgehead atoms. The Morgan fingerprint density at radius 1 is 1.24 bits per heavy atom. The molecule has 2 rings (SSSR count). The summed E-state index contributed by atoms with van der Waals surface area (Å²) in [5.41, 5.74) is 1.50. The predicted octanol–water partition coefficient (Wildman–Crippen LogP) is 3.46. The third-order valence-electron chi connectivity index (χ3n) is 4.29. The second-order valence-corrected chi connectivity index (χ2v) is 7.43. The molecule has 1 fully saturated rings. The lowest BCUT2D eigenvalue weighted by molar-refractivity contribution is -0.173. The number of nitrogens with zero attached hydrogens (tertiary/aromatic N) is 2. The molecule has 0 spiro atoms. The highest BCUT2D eigenvalue weighted by Crippen LogP contribution is 2.38. The molecule has 0 aromatic heterocycles. The monoisotopic (exact) mass is 348 g/mol. The van der Waals surface area contributed by atoms with Crippen molar-refractivity contribution in [2.45, 2.75) is 58.2 Å². The Kier molecular flexibility index (Phi) is 5.72. The maximum atomic E-state index is 12.8. The van der Waals surface area contributed by atoms with Crippen LogP contribution in [0.1, 0.15) is 50.8 Å². The summed E-state index contributed by atoms with van der Waals surface area (Å²) in [6.07, 6.45) is 0.806. The number of rotatable bonds is 3. The van der Waals surface area contributed by atoms with Gasteiger partial charge in [0.2, 0.25) is 0 Å². The van der Waals surface area contributed by atoms with Gasteiger partial charge in [-0.15, -0.1) is 0 Å². The van der Waals surface area contributed by atoms with Gasteiger partial charge >= 0.3 is 6.09 Å². The van der Waals surface area contributed by atoms with E-state index in [1.54, 1.807) is 11.9 Å². The van der Waals surface area contributed by atoms with Crippen molar-refractivity contribution in [3.8, 4) is 0 Å². The van der Waals surface area contributed by atoms with Crippen LogP contribution in [0.3, 0.4) is 0 Å². The highest BCUT2D eigenvalue weighted by Gasteiger charge is 2.44. The fourth-order valence-corrected chi connectivity index (χ4v) is 3.13. The summed E-state index contributed by atoms with van der Waals surface area (Å²) in [7, 11) is 2.98. The average molecular weight is 348 g/mol. The molecular formula is C19H28N2O4.